The van der Waals surface area contributed by atoms with Crippen molar-refractivity contribution in [3.05, 3.63) is 54.4 Å². The highest BCUT2D eigenvalue weighted by molar-refractivity contribution is 8.02. The fraction of sp³-hybridized carbons (Fsp3) is 0.0833. The molecule has 1 aromatic carbocycles. The molecular weight excluding hydrogens is 204 g/mol. The number of aromatic nitrogens is 1. The summed E-state index contributed by atoms with van der Waals surface area (Å²) < 4.78 is 2.06. The van der Waals surface area contributed by atoms with Crippen molar-refractivity contribution in [2.45, 2.75) is 5.75 Å². The highest BCUT2D eigenvalue weighted by Crippen LogP contribution is 2.14. The van der Waals surface area contributed by atoms with Crippen molar-refractivity contribution >= 4 is 11.8 Å². The van der Waals surface area contributed by atoms with Crippen LogP contribution in [-0.2, 0) is 5.75 Å². The van der Waals surface area contributed by atoms with E-state index in [0.717, 1.165) is 11.4 Å². The molecule has 0 saturated carbocycles. The summed E-state index contributed by atoms with van der Waals surface area (Å²) in [5.74, 6) is 0.752. The van der Waals surface area contributed by atoms with Crippen molar-refractivity contribution in [2.24, 2.45) is 0 Å². The van der Waals surface area contributed by atoms with Gasteiger partial charge in [0, 0.05) is 23.8 Å². The number of hydrogen-bond acceptors (Lipinski definition) is 2. The van der Waals surface area contributed by atoms with Gasteiger partial charge in [-0.2, -0.15) is 5.26 Å². The number of nitrogens with zero attached hydrogens (tertiary/aromatic N) is 2. The monoisotopic (exact) mass is 214 g/mol. The van der Waals surface area contributed by atoms with Crippen molar-refractivity contribution in [3.8, 4) is 11.1 Å². The van der Waals surface area contributed by atoms with Gasteiger partial charge in [-0.1, -0.05) is 12.1 Å². The zero-order chi connectivity index (χ0) is 10.5. The molecule has 2 nitrogen and oxygen atoms in total. The first-order valence-corrected chi connectivity index (χ1v) is 5.62. The number of nitriles is 1. The minimum atomic E-state index is 0.752. The SMILES string of the molecule is N#CSCc1ccc(-n2cccc2)cc1. The molecule has 2 rings (SSSR count). The Morgan fingerprint density at radius 3 is 2.40 bits per heavy atom. The molecule has 1 heterocycles. The average molecular weight is 214 g/mol. The Kier molecular flexibility index (Phi) is 3.11. The lowest BCUT2D eigenvalue weighted by atomic mass is 10.2. The van der Waals surface area contributed by atoms with E-state index in [9.17, 15) is 0 Å². The van der Waals surface area contributed by atoms with E-state index in [4.69, 9.17) is 5.26 Å². The molecule has 74 valence electrons. The van der Waals surface area contributed by atoms with Crippen LogP contribution in [0, 0.1) is 10.7 Å². The molecule has 0 spiro atoms. The summed E-state index contributed by atoms with van der Waals surface area (Å²) in [4.78, 5) is 0. The van der Waals surface area contributed by atoms with Crippen LogP contribution in [0.5, 0.6) is 0 Å². The van der Waals surface area contributed by atoms with Gasteiger partial charge in [-0.05, 0) is 41.6 Å². The van der Waals surface area contributed by atoms with Crippen LogP contribution in [0.15, 0.2) is 48.8 Å². The summed E-state index contributed by atoms with van der Waals surface area (Å²) in [6, 6.07) is 12.2. The normalized spacial score (nSPS) is 9.80. The topological polar surface area (TPSA) is 28.7 Å². The van der Waals surface area contributed by atoms with E-state index in [0.29, 0.717) is 0 Å². The van der Waals surface area contributed by atoms with Crippen LogP contribution in [0.25, 0.3) is 5.69 Å². The first kappa shape index (κ1) is 9.88. The zero-order valence-corrected chi connectivity index (χ0v) is 8.95. The molecule has 0 amide bonds. The van der Waals surface area contributed by atoms with E-state index < -0.39 is 0 Å². The molecule has 1 aromatic heterocycles. The predicted molar refractivity (Wildman–Crippen MR) is 62.7 cm³/mol. The number of rotatable bonds is 3. The molecule has 0 unspecified atom stereocenters. The van der Waals surface area contributed by atoms with Crippen LogP contribution < -0.4 is 0 Å². The van der Waals surface area contributed by atoms with Crippen molar-refractivity contribution in [1.29, 1.82) is 5.26 Å². The molecular formula is C12H10N2S. The molecule has 2 aromatic rings. The zero-order valence-electron chi connectivity index (χ0n) is 8.13. The standard InChI is InChI=1S/C12H10N2S/c13-10-15-9-11-3-5-12(6-4-11)14-7-1-2-8-14/h1-8H,9H2. The molecule has 0 N–H and O–H groups in total. The third-order valence-electron chi connectivity index (χ3n) is 2.14. The van der Waals surface area contributed by atoms with Crippen molar-refractivity contribution in [2.75, 3.05) is 0 Å². The Bertz CT molecular complexity index is 451. The van der Waals surface area contributed by atoms with Gasteiger partial charge in [0.1, 0.15) is 5.40 Å². The molecule has 0 aliphatic heterocycles. The van der Waals surface area contributed by atoms with Crippen LogP contribution in [-0.4, -0.2) is 4.57 Å². The van der Waals surface area contributed by atoms with Crippen molar-refractivity contribution in [1.82, 2.24) is 4.57 Å². The van der Waals surface area contributed by atoms with Crippen LogP contribution in [0.3, 0.4) is 0 Å². The lowest BCUT2D eigenvalue weighted by molar-refractivity contribution is 1.08. The fourth-order valence-corrected chi connectivity index (χ4v) is 1.81. The lowest BCUT2D eigenvalue weighted by Crippen LogP contribution is -1.89. The van der Waals surface area contributed by atoms with Crippen LogP contribution >= 0.6 is 11.8 Å². The molecule has 0 aliphatic carbocycles. The van der Waals surface area contributed by atoms with Crippen LogP contribution in [0.2, 0.25) is 0 Å². The second-order valence-electron chi connectivity index (χ2n) is 3.14. The summed E-state index contributed by atoms with van der Waals surface area (Å²) in [6.45, 7) is 0. The predicted octanol–water partition coefficient (Wildman–Crippen LogP) is 3.19. The number of hydrogen-bond donors (Lipinski definition) is 0. The maximum absolute atomic E-state index is 8.44. The molecule has 0 bridgehead atoms. The maximum Gasteiger partial charge on any atom is 0.133 e. The van der Waals surface area contributed by atoms with E-state index in [2.05, 4.69) is 34.2 Å². The molecule has 0 atom stereocenters. The second kappa shape index (κ2) is 4.72. The Hall–Kier alpha value is -1.66. The van der Waals surface area contributed by atoms with E-state index >= 15 is 0 Å². The summed E-state index contributed by atoms with van der Waals surface area (Å²) in [7, 11) is 0. The highest BCUT2D eigenvalue weighted by atomic mass is 32.2. The van der Waals surface area contributed by atoms with Crippen molar-refractivity contribution in [3.63, 3.8) is 0 Å². The Morgan fingerprint density at radius 2 is 1.80 bits per heavy atom. The van der Waals surface area contributed by atoms with Gasteiger partial charge in [0.15, 0.2) is 0 Å². The quantitative estimate of drug-likeness (QED) is 0.734. The minimum absolute atomic E-state index is 0.752. The van der Waals surface area contributed by atoms with Gasteiger partial charge in [0.2, 0.25) is 0 Å². The molecule has 3 heteroatoms. The Balaban J connectivity index is 2.15. The maximum atomic E-state index is 8.44. The van der Waals surface area contributed by atoms with Crippen molar-refractivity contribution < 1.29 is 0 Å². The van der Waals surface area contributed by atoms with E-state index in [1.54, 1.807) is 0 Å². The van der Waals surface area contributed by atoms with Gasteiger partial charge in [0.25, 0.3) is 0 Å². The second-order valence-corrected chi connectivity index (χ2v) is 3.90. The fourth-order valence-electron chi connectivity index (χ4n) is 1.39. The summed E-state index contributed by atoms with van der Waals surface area (Å²) in [6.07, 6.45) is 4.03. The van der Waals surface area contributed by atoms with E-state index in [-0.39, 0.29) is 0 Å². The summed E-state index contributed by atoms with van der Waals surface area (Å²) in [5, 5.41) is 10.5. The smallest absolute Gasteiger partial charge is 0.133 e. The van der Waals surface area contributed by atoms with Gasteiger partial charge >= 0.3 is 0 Å². The third-order valence-corrected chi connectivity index (χ3v) is 2.75. The van der Waals surface area contributed by atoms with Crippen LogP contribution in [0.1, 0.15) is 5.56 Å². The van der Waals surface area contributed by atoms with Gasteiger partial charge in [-0.15, -0.1) is 0 Å². The Labute approximate surface area is 93.2 Å². The molecule has 15 heavy (non-hydrogen) atoms. The first-order valence-electron chi connectivity index (χ1n) is 4.63. The lowest BCUT2D eigenvalue weighted by Gasteiger charge is -2.03. The van der Waals surface area contributed by atoms with Crippen LogP contribution in [0.4, 0.5) is 0 Å². The molecule has 0 aliphatic rings. The van der Waals surface area contributed by atoms with E-state index in [1.165, 1.54) is 17.3 Å². The highest BCUT2D eigenvalue weighted by Gasteiger charge is 1.95. The third kappa shape index (κ3) is 2.42. The molecule has 0 fully saturated rings. The average Bonchev–Trinajstić information content (AvgIpc) is 2.80. The molecule has 0 saturated heterocycles. The number of thiocyanates is 1. The minimum Gasteiger partial charge on any atom is -0.324 e. The van der Waals surface area contributed by atoms with Gasteiger partial charge < -0.3 is 4.57 Å². The largest absolute Gasteiger partial charge is 0.324 e. The van der Waals surface area contributed by atoms with Gasteiger partial charge in [-0.3, -0.25) is 0 Å². The van der Waals surface area contributed by atoms with Gasteiger partial charge in [-0.25, -0.2) is 0 Å². The first-order chi connectivity index (χ1) is 7.40. The van der Waals surface area contributed by atoms with Gasteiger partial charge in [0.05, 0.1) is 0 Å². The number of thioether (sulfide) groups is 1. The molecule has 0 radical (unpaired) electrons. The Morgan fingerprint density at radius 1 is 1.13 bits per heavy atom. The summed E-state index contributed by atoms with van der Waals surface area (Å²) in [5.41, 5.74) is 2.32. The summed E-state index contributed by atoms with van der Waals surface area (Å²) >= 11 is 1.26. The van der Waals surface area contributed by atoms with E-state index in [1.807, 2.05) is 24.5 Å². The number of benzene rings is 1.